The standard InChI is InChI=1S/C23H29ClN4OS/c24-18-5-6-21(26-15-18)28-23(29)19-3-1-2-4-20(19)27-22(16-7-11-25-12-8-16)17-9-13-30-14-10-17/h1-6,15-17,22,25,27H,7-14H2,(H,26,28,29). The molecule has 0 aliphatic carbocycles. The highest BCUT2D eigenvalue weighted by Gasteiger charge is 2.32. The van der Waals surface area contributed by atoms with E-state index >= 15 is 0 Å². The number of rotatable bonds is 6. The van der Waals surface area contributed by atoms with Crippen molar-refractivity contribution in [2.45, 2.75) is 31.7 Å². The number of thioether (sulfide) groups is 1. The number of aromatic nitrogens is 1. The number of piperidine rings is 1. The first-order chi connectivity index (χ1) is 14.7. The Morgan fingerprint density at radius 3 is 2.53 bits per heavy atom. The van der Waals surface area contributed by atoms with Crippen molar-refractivity contribution in [1.82, 2.24) is 10.3 Å². The fraction of sp³-hybridized carbons (Fsp3) is 0.478. The lowest BCUT2D eigenvalue weighted by Gasteiger charge is -2.39. The number of benzene rings is 1. The molecule has 1 atom stereocenters. The number of nitrogens with one attached hydrogen (secondary N) is 3. The topological polar surface area (TPSA) is 66.0 Å². The number of amides is 1. The quantitative estimate of drug-likeness (QED) is 0.590. The summed E-state index contributed by atoms with van der Waals surface area (Å²) in [4.78, 5) is 17.2. The minimum Gasteiger partial charge on any atom is -0.381 e. The molecule has 0 bridgehead atoms. The predicted molar refractivity (Wildman–Crippen MR) is 127 cm³/mol. The molecule has 30 heavy (non-hydrogen) atoms. The van der Waals surface area contributed by atoms with Crippen LogP contribution in [0.2, 0.25) is 5.02 Å². The highest BCUT2D eigenvalue weighted by atomic mass is 35.5. The molecule has 5 nitrogen and oxygen atoms in total. The van der Waals surface area contributed by atoms with Crippen molar-refractivity contribution in [2.24, 2.45) is 11.8 Å². The Morgan fingerprint density at radius 2 is 1.80 bits per heavy atom. The number of anilines is 2. The largest absolute Gasteiger partial charge is 0.381 e. The lowest BCUT2D eigenvalue weighted by molar-refractivity contribution is 0.102. The number of halogens is 1. The lowest BCUT2D eigenvalue weighted by Crippen LogP contribution is -2.43. The Morgan fingerprint density at radius 1 is 1.07 bits per heavy atom. The number of para-hydroxylation sites is 1. The minimum atomic E-state index is -0.156. The average molecular weight is 445 g/mol. The van der Waals surface area contributed by atoms with Gasteiger partial charge < -0.3 is 16.0 Å². The van der Waals surface area contributed by atoms with Gasteiger partial charge in [-0.3, -0.25) is 4.79 Å². The normalized spacial score (nSPS) is 19.2. The third-order valence-electron chi connectivity index (χ3n) is 6.13. The summed E-state index contributed by atoms with van der Waals surface area (Å²) in [7, 11) is 0. The van der Waals surface area contributed by atoms with Crippen LogP contribution in [-0.2, 0) is 0 Å². The molecular weight excluding hydrogens is 416 g/mol. The van der Waals surface area contributed by atoms with Gasteiger partial charge in [0, 0.05) is 17.9 Å². The van der Waals surface area contributed by atoms with Crippen LogP contribution in [0.5, 0.6) is 0 Å². The number of pyridine rings is 1. The Bertz CT molecular complexity index is 817. The summed E-state index contributed by atoms with van der Waals surface area (Å²) in [5, 5.41) is 10.8. The first-order valence-electron chi connectivity index (χ1n) is 10.8. The van der Waals surface area contributed by atoms with Crippen LogP contribution >= 0.6 is 23.4 Å². The Hall–Kier alpha value is -1.76. The number of nitrogens with zero attached hydrogens (tertiary/aromatic N) is 1. The van der Waals surface area contributed by atoms with Gasteiger partial charge in [-0.2, -0.15) is 11.8 Å². The van der Waals surface area contributed by atoms with Crippen LogP contribution in [0, 0.1) is 11.8 Å². The molecule has 160 valence electrons. The summed E-state index contributed by atoms with van der Waals surface area (Å²) >= 11 is 7.96. The lowest BCUT2D eigenvalue weighted by atomic mass is 9.79. The summed E-state index contributed by atoms with van der Waals surface area (Å²) in [5.41, 5.74) is 1.56. The van der Waals surface area contributed by atoms with E-state index in [-0.39, 0.29) is 5.91 Å². The molecule has 2 aliphatic heterocycles. The zero-order chi connectivity index (χ0) is 20.8. The van der Waals surface area contributed by atoms with Crippen molar-refractivity contribution in [3.63, 3.8) is 0 Å². The van der Waals surface area contributed by atoms with E-state index in [1.54, 1.807) is 12.1 Å². The molecule has 2 saturated heterocycles. The maximum absolute atomic E-state index is 13.0. The van der Waals surface area contributed by atoms with Gasteiger partial charge in [0.05, 0.1) is 10.6 Å². The van der Waals surface area contributed by atoms with E-state index in [0.717, 1.165) is 18.8 Å². The third kappa shape index (κ3) is 5.48. The molecule has 3 N–H and O–H groups in total. The molecule has 2 aromatic rings. The molecule has 2 fully saturated rings. The number of hydrogen-bond donors (Lipinski definition) is 3. The Balaban J connectivity index is 1.54. The summed E-state index contributed by atoms with van der Waals surface area (Å²) < 4.78 is 0. The smallest absolute Gasteiger partial charge is 0.258 e. The number of carbonyl (C=O) groups is 1. The fourth-order valence-corrected chi connectivity index (χ4v) is 5.77. The van der Waals surface area contributed by atoms with E-state index in [9.17, 15) is 4.79 Å². The van der Waals surface area contributed by atoms with Gasteiger partial charge >= 0.3 is 0 Å². The second-order valence-corrected chi connectivity index (χ2v) is 9.73. The average Bonchev–Trinajstić information content (AvgIpc) is 2.80. The SMILES string of the molecule is O=C(Nc1ccc(Cl)cn1)c1ccccc1NC(C1CCNCC1)C1CCSCC1. The minimum absolute atomic E-state index is 0.156. The molecule has 1 unspecified atom stereocenters. The second kappa shape index (κ2) is 10.5. The first-order valence-corrected chi connectivity index (χ1v) is 12.3. The van der Waals surface area contributed by atoms with Crippen LogP contribution in [0.4, 0.5) is 11.5 Å². The van der Waals surface area contributed by atoms with Crippen LogP contribution in [0.15, 0.2) is 42.6 Å². The molecule has 7 heteroatoms. The van der Waals surface area contributed by atoms with Gasteiger partial charge in [0.25, 0.3) is 5.91 Å². The van der Waals surface area contributed by atoms with Crippen LogP contribution in [0.25, 0.3) is 0 Å². The molecule has 0 saturated carbocycles. The predicted octanol–water partition coefficient (Wildman–Crippen LogP) is 4.91. The van der Waals surface area contributed by atoms with Gasteiger partial charge in [0.15, 0.2) is 0 Å². The van der Waals surface area contributed by atoms with E-state index in [4.69, 9.17) is 11.6 Å². The highest BCUT2D eigenvalue weighted by molar-refractivity contribution is 7.99. The van der Waals surface area contributed by atoms with E-state index in [2.05, 4.69) is 32.7 Å². The molecule has 3 heterocycles. The number of hydrogen-bond acceptors (Lipinski definition) is 5. The van der Waals surface area contributed by atoms with Crippen molar-refractivity contribution in [2.75, 3.05) is 35.2 Å². The van der Waals surface area contributed by atoms with Crippen molar-refractivity contribution >= 4 is 40.8 Å². The summed E-state index contributed by atoms with van der Waals surface area (Å²) in [5.74, 6) is 4.10. The zero-order valence-electron chi connectivity index (χ0n) is 17.1. The number of carbonyl (C=O) groups excluding carboxylic acids is 1. The third-order valence-corrected chi connectivity index (χ3v) is 7.40. The van der Waals surface area contributed by atoms with Crippen LogP contribution in [0.3, 0.4) is 0 Å². The van der Waals surface area contributed by atoms with Crippen molar-refractivity contribution < 1.29 is 4.79 Å². The van der Waals surface area contributed by atoms with Gasteiger partial charge in [-0.1, -0.05) is 23.7 Å². The van der Waals surface area contributed by atoms with Crippen LogP contribution in [0.1, 0.15) is 36.0 Å². The van der Waals surface area contributed by atoms with Gasteiger partial charge in [-0.15, -0.1) is 0 Å². The fourth-order valence-electron chi connectivity index (χ4n) is 4.52. The Kier molecular flexibility index (Phi) is 7.52. The van der Waals surface area contributed by atoms with Gasteiger partial charge in [0.1, 0.15) is 5.82 Å². The van der Waals surface area contributed by atoms with Gasteiger partial charge in [-0.05, 0) is 86.4 Å². The molecule has 0 spiro atoms. The highest BCUT2D eigenvalue weighted by Crippen LogP contribution is 2.34. The molecule has 1 aromatic carbocycles. The van der Waals surface area contributed by atoms with Crippen LogP contribution in [-0.4, -0.2) is 41.5 Å². The van der Waals surface area contributed by atoms with Crippen molar-refractivity contribution in [3.05, 3.63) is 53.2 Å². The van der Waals surface area contributed by atoms with Crippen molar-refractivity contribution in [3.8, 4) is 0 Å². The summed E-state index contributed by atoms with van der Waals surface area (Å²) in [6.45, 7) is 2.16. The van der Waals surface area contributed by atoms with Gasteiger partial charge in [0.2, 0.25) is 0 Å². The first kappa shape index (κ1) is 21.5. The monoisotopic (exact) mass is 444 g/mol. The van der Waals surface area contributed by atoms with E-state index in [1.165, 1.54) is 43.4 Å². The molecule has 0 radical (unpaired) electrons. The summed E-state index contributed by atoms with van der Waals surface area (Å²) in [6, 6.07) is 11.6. The second-order valence-electron chi connectivity index (χ2n) is 8.07. The molecule has 1 aromatic heterocycles. The maximum atomic E-state index is 13.0. The van der Waals surface area contributed by atoms with Crippen LogP contribution < -0.4 is 16.0 Å². The maximum Gasteiger partial charge on any atom is 0.258 e. The molecule has 4 rings (SSSR count). The molecule has 2 aliphatic rings. The van der Waals surface area contributed by atoms with E-state index in [0.29, 0.717) is 34.3 Å². The molecular formula is C23H29ClN4OS. The van der Waals surface area contributed by atoms with E-state index < -0.39 is 0 Å². The van der Waals surface area contributed by atoms with Gasteiger partial charge in [-0.25, -0.2) is 4.98 Å². The van der Waals surface area contributed by atoms with Crippen molar-refractivity contribution in [1.29, 1.82) is 0 Å². The summed E-state index contributed by atoms with van der Waals surface area (Å²) in [6.07, 6.45) is 6.40. The zero-order valence-corrected chi connectivity index (χ0v) is 18.6. The Labute approximate surface area is 187 Å². The molecule has 1 amide bonds. The van der Waals surface area contributed by atoms with E-state index in [1.807, 2.05) is 24.3 Å².